The van der Waals surface area contributed by atoms with Crippen LogP contribution in [0.15, 0.2) is 35.3 Å². The average Bonchev–Trinajstić information content (AvgIpc) is 3.11. The van der Waals surface area contributed by atoms with Gasteiger partial charge >= 0.3 is 5.97 Å². The van der Waals surface area contributed by atoms with Crippen molar-refractivity contribution in [1.29, 1.82) is 0 Å². The number of hydrogen-bond acceptors (Lipinski definition) is 6. The fourth-order valence-electron chi connectivity index (χ4n) is 3.96. The van der Waals surface area contributed by atoms with E-state index >= 15 is 0 Å². The van der Waals surface area contributed by atoms with Gasteiger partial charge in [0.1, 0.15) is 11.9 Å². The van der Waals surface area contributed by atoms with Crippen LogP contribution < -0.4 is 10.9 Å². The molecule has 0 saturated carbocycles. The second-order valence-corrected chi connectivity index (χ2v) is 8.47. The van der Waals surface area contributed by atoms with Gasteiger partial charge in [-0.2, -0.15) is 0 Å². The molecule has 9 heteroatoms. The molecule has 0 spiro atoms. The maximum Gasteiger partial charge on any atom is 0.320 e. The van der Waals surface area contributed by atoms with Crippen LogP contribution in [0.1, 0.15) is 18.1 Å². The molecule has 32 heavy (non-hydrogen) atoms. The molecule has 4 rings (SSSR count). The molecule has 2 atom stereocenters. The van der Waals surface area contributed by atoms with Crippen molar-refractivity contribution in [1.82, 2.24) is 24.8 Å². The monoisotopic (exact) mass is 439 g/mol. The zero-order valence-electron chi connectivity index (χ0n) is 18.6. The van der Waals surface area contributed by atoms with Gasteiger partial charge in [-0.05, 0) is 44.7 Å². The molecule has 1 saturated heterocycles. The second-order valence-electron chi connectivity index (χ2n) is 8.47. The van der Waals surface area contributed by atoms with Gasteiger partial charge in [0.15, 0.2) is 0 Å². The number of rotatable bonds is 7. The fourth-order valence-corrected chi connectivity index (χ4v) is 3.96. The molecule has 1 fully saturated rings. The first kappa shape index (κ1) is 22.2. The Hall–Kier alpha value is -3.01. The van der Waals surface area contributed by atoms with Crippen LogP contribution >= 0.6 is 0 Å². The van der Waals surface area contributed by atoms with E-state index in [9.17, 15) is 9.59 Å². The Morgan fingerprint density at radius 3 is 2.94 bits per heavy atom. The highest BCUT2D eigenvalue weighted by molar-refractivity contribution is 5.81. The Bertz CT molecular complexity index is 1180. The van der Waals surface area contributed by atoms with Gasteiger partial charge in [-0.1, -0.05) is 6.07 Å². The molecule has 0 radical (unpaired) electrons. The van der Waals surface area contributed by atoms with Crippen molar-refractivity contribution >= 4 is 17.0 Å². The molecule has 2 aromatic heterocycles. The van der Waals surface area contributed by atoms with Crippen LogP contribution in [0.5, 0.6) is 0 Å². The largest absolute Gasteiger partial charge is 0.480 e. The summed E-state index contributed by atoms with van der Waals surface area (Å²) in [4.78, 5) is 32.9. The van der Waals surface area contributed by atoms with Gasteiger partial charge in [0.2, 0.25) is 0 Å². The topological polar surface area (TPSA) is 112 Å². The van der Waals surface area contributed by atoms with Crippen LogP contribution in [0.3, 0.4) is 0 Å². The molecule has 3 aromatic rings. The number of ether oxygens (including phenoxy) is 1. The van der Waals surface area contributed by atoms with Crippen molar-refractivity contribution in [3.63, 3.8) is 0 Å². The Balaban J connectivity index is 1.72. The third-order valence-corrected chi connectivity index (χ3v) is 5.87. The third kappa shape index (κ3) is 4.74. The van der Waals surface area contributed by atoms with E-state index in [2.05, 4.69) is 26.8 Å². The highest BCUT2D eigenvalue weighted by Gasteiger charge is 2.22. The van der Waals surface area contributed by atoms with Gasteiger partial charge < -0.3 is 29.6 Å². The lowest BCUT2D eigenvalue weighted by Crippen LogP contribution is -2.42. The Kier molecular flexibility index (Phi) is 6.40. The molecule has 170 valence electrons. The summed E-state index contributed by atoms with van der Waals surface area (Å²) in [6.45, 7) is 6.91. The average molecular weight is 440 g/mol. The molecule has 1 aromatic carbocycles. The predicted octanol–water partition coefficient (Wildman–Crippen LogP) is 1.59. The van der Waals surface area contributed by atoms with Crippen molar-refractivity contribution in [3.05, 3.63) is 51.9 Å². The lowest BCUT2D eigenvalue weighted by atomic mass is 10.2. The molecule has 0 bridgehead atoms. The van der Waals surface area contributed by atoms with E-state index in [-0.39, 0.29) is 11.7 Å². The van der Waals surface area contributed by atoms with E-state index < -0.39 is 12.0 Å². The molecule has 0 amide bonds. The van der Waals surface area contributed by atoms with Gasteiger partial charge in [-0.25, -0.2) is 4.98 Å². The summed E-state index contributed by atoms with van der Waals surface area (Å²) in [6.07, 6.45) is 1.73. The van der Waals surface area contributed by atoms with Gasteiger partial charge in [-0.3, -0.25) is 9.59 Å². The zero-order valence-corrected chi connectivity index (χ0v) is 18.6. The molecular weight excluding hydrogens is 410 g/mol. The highest BCUT2D eigenvalue weighted by atomic mass is 16.5. The quantitative estimate of drug-likeness (QED) is 0.512. The minimum absolute atomic E-state index is 0.0338. The molecular formula is C23H29N5O4. The van der Waals surface area contributed by atoms with Crippen LogP contribution in [0, 0.1) is 6.92 Å². The lowest BCUT2D eigenvalue weighted by molar-refractivity contribution is -0.139. The minimum Gasteiger partial charge on any atom is -0.480 e. The number of morpholine rings is 1. The van der Waals surface area contributed by atoms with E-state index in [4.69, 9.17) is 14.8 Å². The van der Waals surface area contributed by atoms with Gasteiger partial charge in [0.25, 0.3) is 5.56 Å². The molecule has 1 aliphatic rings. The van der Waals surface area contributed by atoms with Crippen LogP contribution in [-0.4, -0.2) is 69.4 Å². The molecule has 9 nitrogen and oxygen atoms in total. The van der Waals surface area contributed by atoms with Crippen LogP contribution in [0.2, 0.25) is 0 Å². The number of benzene rings is 1. The predicted molar refractivity (Wildman–Crippen MR) is 122 cm³/mol. The summed E-state index contributed by atoms with van der Waals surface area (Å²) in [5.74, 6) is -0.122. The first-order chi connectivity index (χ1) is 15.3. The summed E-state index contributed by atoms with van der Waals surface area (Å²) in [5.41, 5.74) is 4.08. The van der Waals surface area contributed by atoms with Crippen molar-refractivity contribution in [2.45, 2.75) is 39.1 Å². The maximum atomic E-state index is 11.9. The van der Waals surface area contributed by atoms with Crippen molar-refractivity contribution in [2.75, 3.05) is 26.7 Å². The molecule has 3 heterocycles. The van der Waals surface area contributed by atoms with E-state index in [0.717, 1.165) is 41.1 Å². The van der Waals surface area contributed by atoms with E-state index in [0.29, 0.717) is 25.3 Å². The second kappa shape index (κ2) is 9.23. The summed E-state index contributed by atoms with van der Waals surface area (Å²) in [5, 5.41) is 12.1. The summed E-state index contributed by atoms with van der Waals surface area (Å²) in [7, 11) is 2.09. The first-order valence-electron chi connectivity index (χ1n) is 10.8. The van der Waals surface area contributed by atoms with Crippen molar-refractivity contribution in [3.8, 4) is 11.4 Å². The van der Waals surface area contributed by atoms with Crippen LogP contribution in [0.25, 0.3) is 22.4 Å². The number of imidazole rings is 1. The number of H-pyrrole nitrogens is 1. The summed E-state index contributed by atoms with van der Waals surface area (Å²) in [6, 6.07) is 7.19. The number of aryl methyl sites for hydroxylation is 1. The number of aliphatic carboxylic acids is 1. The Morgan fingerprint density at radius 1 is 1.41 bits per heavy atom. The van der Waals surface area contributed by atoms with E-state index in [1.165, 1.54) is 0 Å². The zero-order chi connectivity index (χ0) is 22.8. The summed E-state index contributed by atoms with van der Waals surface area (Å²) >= 11 is 0. The molecule has 1 aliphatic heterocycles. The van der Waals surface area contributed by atoms with Gasteiger partial charge in [0, 0.05) is 37.0 Å². The highest BCUT2D eigenvalue weighted by Crippen LogP contribution is 2.26. The number of aromatic amines is 1. The van der Waals surface area contributed by atoms with Crippen LogP contribution in [0.4, 0.5) is 0 Å². The van der Waals surface area contributed by atoms with Gasteiger partial charge in [-0.15, -0.1) is 0 Å². The number of hydrogen-bond donors (Lipinski definition) is 3. The van der Waals surface area contributed by atoms with E-state index in [1.807, 2.05) is 24.3 Å². The molecule has 0 aliphatic carbocycles. The third-order valence-electron chi connectivity index (χ3n) is 5.87. The number of carboxylic acid groups (broad SMARTS) is 1. The maximum absolute atomic E-state index is 11.9. The minimum atomic E-state index is -0.886. The standard InChI is InChI=1S/C23H29N5O4/c1-14-8-17(11-25-22(14)29)21-26-19-9-16(10-24-15(2)23(30)31)4-5-20(19)28(21)13-18-12-27(3)6-7-32-18/h4-5,8-9,11,15,18,24H,6-7,10,12-13H2,1-3H3,(H,25,29)(H,30,31). The fraction of sp³-hybridized carbons (Fsp3) is 0.435. The smallest absolute Gasteiger partial charge is 0.320 e. The van der Waals surface area contributed by atoms with Crippen LogP contribution in [-0.2, 0) is 22.6 Å². The molecule has 3 N–H and O–H groups in total. The van der Waals surface area contributed by atoms with Crippen molar-refractivity contribution in [2.24, 2.45) is 0 Å². The Labute approximate surface area is 186 Å². The number of nitrogens with one attached hydrogen (secondary N) is 2. The van der Waals surface area contributed by atoms with E-state index in [1.54, 1.807) is 20.0 Å². The number of aromatic nitrogens is 3. The Morgan fingerprint density at radius 2 is 2.22 bits per heavy atom. The normalized spacial score (nSPS) is 18.2. The first-order valence-corrected chi connectivity index (χ1v) is 10.8. The van der Waals surface area contributed by atoms with Crippen molar-refractivity contribution < 1.29 is 14.6 Å². The van der Waals surface area contributed by atoms with Gasteiger partial charge in [0.05, 0.1) is 30.3 Å². The number of nitrogens with zero attached hydrogens (tertiary/aromatic N) is 3. The lowest BCUT2D eigenvalue weighted by Gasteiger charge is -2.30. The number of carbonyl (C=O) groups is 1. The number of likely N-dealkylation sites (N-methyl/N-ethyl adjacent to an activating group) is 1. The molecule has 2 unspecified atom stereocenters. The number of fused-ring (bicyclic) bond motifs is 1. The number of pyridine rings is 1. The SMILES string of the molecule is Cc1cc(-c2nc3cc(CNC(C)C(=O)O)ccc3n2CC2CN(C)CCO2)c[nH]c1=O. The number of carboxylic acids is 1. The summed E-state index contributed by atoms with van der Waals surface area (Å²) < 4.78 is 8.14.